The minimum Gasteiger partial charge on any atom is -0.467 e. The Hall–Kier alpha value is -3.55. The first-order chi connectivity index (χ1) is 14.2. The number of methoxy groups -OCH3 is 1. The van der Waals surface area contributed by atoms with Crippen molar-refractivity contribution >= 4 is 23.7 Å². The standard InChI is InChI=1S/C22H21FN2O5/c1-12(2)18(22(29)30-3)24-19(26)14-6-9-16-17(10-14)21(28)25(20(16)27)11-13-4-7-15(23)8-5-13/h4-10,12,18H,11H2,1-3H3,(H,24,26). The molecule has 0 spiro atoms. The van der Waals surface area contributed by atoms with Gasteiger partial charge in [0.1, 0.15) is 11.9 Å². The lowest BCUT2D eigenvalue weighted by Crippen LogP contribution is -2.45. The highest BCUT2D eigenvalue weighted by Gasteiger charge is 2.36. The molecule has 30 heavy (non-hydrogen) atoms. The fourth-order valence-electron chi connectivity index (χ4n) is 3.20. The Morgan fingerprint density at radius 2 is 1.67 bits per heavy atom. The van der Waals surface area contributed by atoms with Crippen molar-refractivity contribution in [3.05, 3.63) is 70.5 Å². The number of fused-ring (bicyclic) bond motifs is 1. The van der Waals surface area contributed by atoms with E-state index in [1.807, 2.05) is 0 Å². The molecule has 1 aliphatic rings. The molecule has 8 heteroatoms. The lowest BCUT2D eigenvalue weighted by atomic mass is 10.0. The molecule has 0 fully saturated rings. The van der Waals surface area contributed by atoms with Gasteiger partial charge in [-0.1, -0.05) is 26.0 Å². The van der Waals surface area contributed by atoms with Crippen LogP contribution in [0.1, 0.15) is 50.5 Å². The second kappa shape index (κ2) is 8.44. The van der Waals surface area contributed by atoms with Crippen LogP contribution in [0.5, 0.6) is 0 Å². The van der Waals surface area contributed by atoms with Gasteiger partial charge in [0, 0.05) is 5.56 Å². The van der Waals surface area contributed by atoms with Crippen LogP contribution in [0.4, 0.5) is 4.39 Å². The van der Waals surface area contributed by atoms with Gasteiger partial charge in [-0.25, -0.2) is 9.18 Å². The predicted octanol–water partition coefficient (Wildman–Crippen LogP) is 2.55. The topological polar surface area (TPSA) is 92.8 Å². The van der Waals surface area contributed by atoms with Gasteiger partial charge >= 0.3 is 5.97 Å². The Bertz CT molecular complexity index is 1020. The van der Waals surface area contributed by atoms with Crippen molar-refractivity contribution < 1.29 is 28.3 Å². The highest BCUT2D eigenvalue weighted by Crippen LogP contribution is 2.26. The maximum absolute atomic E-state index is 13.1. The molecule has 1 atom stereocenters. The van der Waals surface area contributed by atoms with E-state index < -0.39 is 35.5 Å². The zero-order valence-electron chi connectivity index (χ0n) is 16.8. The quantitative estimate of drug-likeness (QED) is 0.582. The Labute approximate surface area is 172 Å². The van der Waals surface area contributed by atoms with E-state index in [4.69, 9.17) is 4.74 Å². The van der Waals surface area contributed by atoms with Gasteiger partial charge in [0.25, 0.3) is 17.7 Å². The van der Waals surface area contributed by atoms with Crippen LogP contribution >= 0.6 is 0 Å². The van der Waals surface area contributed by atoms with Crippen molar-refractivity contribution in [3.63, 3.8) is 0 Å². The first-order valence-electron chi connectivity index (χ1n) is 9.36. The van der Waals surface area contributed by atoms with Crippen molar-refractivity contribution in [3.8, 4) is 0 Å². The smallest absolute Gasteiger partial charge is 0.328 e. The van der Waals surface area contributed by atoms with Gasteiger partial charge in [0.2, 0.25) is 0 Å². The van der Waals surface area contributed by atoms with Crippen molar-refractivity contribution in [1.29, 1.82) is 0 Å². The van der Waals surface area contributed by atoms with Crippen LogP contribution in [0.15, 0.2) is 42.5 Å². The van der Waals surface area contributed by atoms with Gasteiger partial charge in [0.15, 0.2) is 0 Å². The molecule has 0 bridgehead atoms. The molecule has 0 saturated heterocycles. The second-order valence-corrected chi connectivity index (χ2v) is 7.30. The Kier molecular flexibility index (Phi) is 5.96. The van der Waals surface area contributed by atoms with E-state index in [0.29, 0.717) is 5.56 Å². The van der Waals surface area contributed by atoms with E-state index in [1.54, 1.807) is 13.8 Å². The molecular formula is C22H21FN2O5. The molecule has 2 aromatic rings. The molecule has 3 rings (SSSR count). The number of ether oxygens (including phenoxy) is 1. The average molecular weight is 412 g/mol. The number of imide groups is 1. The van der Waals surface area contributed by atoms with Crippen LogP contribution in [0, 0.1) is 11.7 Å². The maximum Gasteiger partial charge on any atom is 0.328 e. The number of halogens is 1. The molecule has 7 nitrogen and oxygen atoms in total. The first kappa shape index (κ1) is 21.2. The summed E-state index contributed by atoms with van der Waals surface area (Å²) in [6, 6.07) is 8.83. The van der Waals surface area contributed by atoms with E-state index in [1.165, 1.54) is 49.6 Å². The summed E-state index contributed by atoms with van der Waals surface area (Å²) in [5.74, 6) is -2.77. The van der Waals surface area contributed by atoms with Crippen LogP contribution in [0.25, 0.3) is 0 Å². The third kappa shape index (κ3) is 4.07. The average Bonchev–Trinajstić information content (AvgIpc) is 2.97. The zero-order chi connectivity index (χ0) is 22.0. The minimum absolute atomic E-state index is 0.00802. The van der Waals surface area contributed by atoms with E-state index in [-0.39, 0.29) is 29.2 Å². The van der Waals surface area contributed by atoms with Crippen LogP contribution in [-0.2, 0) is 16.1 Å². The molecule has 0 aromatic heterocycles. The van der Waals surface area contributed by atoms with Crippen molar-refractivity contribution in [2.24, 2.45) is 5.92 Å². The summed E-state index contributed by atoms with van der Waals surface area (Å²) >= 11 is 0. The van der Waals surface area contributed by atoms with E-state index in [9.17, 15) is 23.6 Å². The number of hydrogen-bond donors (Lipinski definition) is 1. The van der Waals surface area contributed by atoms with Gasteiger partial charge in [-0.05, 0) is 41.8 Å². The van der Waals surface area contributed by atoms with Crippen LogP contribution in [0.3, 0.4) is 0 Å². The summed E-state index contributed by atoms with van der Waals surface area (Å²) in [5.41, 5.74) is 1.04. The first-order valence-corrected chi connectivity index (χ1v) is 9.36. The van der Waals surface area contributed by atoms with Crippen LogP contribution in [0.2, 0.25) is 0 Å². The molecule has 1 heterocycles. The number of carbonyl (C=O) groups excluding carboxylic acids is 4. The molecule has 0 aliphatic carbocycles. The van der Waals surface area contributed by atoms with E-state index in [2.05, 4.69) is 5.32 Å². The Morgan fingerprint density at radius 1 is 1.03 bits per heavy atom. The summed E-state index contributed by atoms with van der Waals surface area (Å²) in [5, 5.41) is 2.60. The molecule has 0 saturated carbocycles. The molecular weight excluding hydrogens is 391 g/mol. The summed E-state index contributed by atoms with van der Waals surface area (Å²) in [6.07, 6.45) is 0. The molecule has 3 amide bonds. The van der Waals surface area contributed by atoms with Gasteiger partial charge in [-0.15, -0.1) is 0 Å². The lowest BCUT2D eigenvalue weighted by molar-refractivity contribution is -0.144. The monoisotopic (exact) mass is 412 g/mol. The van der Waals surface area contributed by atoms with Gasteiger partial charge < -0.3 is 10.1 Å². The van der Waals surface area contributed by atoms with Crippen LogP contribution in [-0.4, -0.2) is 41.7 Å². The van der Waals surface area contributed by atoms with Gasteiger partial charge in [0.05, 0.1) is 24.8 Å². The second-order valence-electron chi connectivity index (χ2n) is 7.30. The van der Waals surface area contributed by atoms with Crippen LogP contribution < -0.4 is 5.32 Å². The van der Waals surface area contributed by atoms with Gasteiger partial charge in [-0.2, -0.15) is 0 Å². The van der Waals surface area contributed by atoms with Crippen molar-refractivity contribution in [2.45, 2.75) is 26.4 Å². The zero-order valence-corrected chi connectivity index (χ0v) is 16.8. The third-order valence-electron chi connectivity index (χ3n) is 4.90. The van der Waals surface area contributed by atoms with Crippen molar-refractivity contribution in [1.82, 2.24) is 10.2 Å². The molecule has 0 radical (unpaired) electrons. The Balaban J connectivity index is 1.81. The minimum atomic E-state index is -0.844. The highest BCUT2D eigenvalue weighted by molar-refractivity contribution is 6.22. The van der Waals surface area contributed by atoms with E-state index in [0.717, 1.165) is 4.90 Å². The fraction of sp³-hybridized carbons (Fsp3) is 0.273. The molecule has 1 N–H and O–H groups in total. The summed E-state index contributed by atoms with van der Waals surface area (Å²) in [7, 11) is 1.24. The number of hydrogen-bond acceptors (Lipinski definition) is 5. The highest BCUT2D eigenvalue weighted by atomic mass is 19.1. The lowest BCUT2D eigenvalue weighted by Gasteiger charge is -2.19. The molecule has 2 aromatic carbocycles. The third-order valence-corrected chi connectivity index (χ3v) is 4.90. The Morgan fingerprint density at radius 3 is 2.27 bits per heavy atom. The molecule has 1 unspecified atom stereocenters. The maximum atomic E-state index is 13.1. The summed E-state index contributed by atoms with van der Waals surface area (Å²) in [4.78, 5) is 50.9. The fourth-order valence-corrected chi connectivity index (χ4v) is 3.20. The number of nitrogens with one attached hydrogen (secondary N) is 1. The molecule has 1 aliphatic heterocycles. The normalized spacial score (nSPS) is 14.0. The number of amides is 3. The summed E-state index contributed by atoms with van der Waals surface area (Å²) in [6.45, 7) is 3.52. The molecule has 156 valence electrons. The predicted molar refractivity (Wildman–Crippen MR) is 105 cm³/mol. The van der Waals surface area contributed by atoms with E-state index >= 15 is 0 Å². The number of rotatable bonds is 6. The van der Waals surface area contributed by atoms with Crippen molar-refractivity contribution in [2.75, 3.05) is 7.11 Å². The number of carbonyl (C=O) groups is 4. The largest absolute Gasteiger partial charge is 0.467 e. The number of benzene rings is 2. The number of nitrogens with zero attached hydrogens (tertiary/aromatic N) is 1. The summed E-state index contributed by atoms with van der Waals surface area (Å²) < 4.78 is 17.8. The SMILES string of the molecule is COC(=O)C(NC(=O)c1ccc2c(c1)C(=O)N(Cc1ccc(F)cc1)C2=O)C(C)C. The number of esters is 1. The van der Waals surface area contributed by atoms with Gasteiger partial charge in [-0.3, -0.25) is 19.3 Å².